The number of ether oxygens (including phenoxy) is 1. The maximum Gasteiger partial charge on any atom is 0.329 e. The maximum absolute atomic E-state index is 11.5. The molecule has 0 fully saturated rings. The predicted molar refractivity (Wildman–Crippen MR) is 104 cm³/mol. The third-order valence-corrected chi connectivity index (χ3v) is 3.89. The number of nitrogens with zero attached hydrogens (tertiary/aromatic N) is 1. The molecule has 0 aliphatic carbocycles. The van der Waals surface area contributed by atoms with E-state index >= 15 is 0 Å². The molecular weight excluding hydrogens is 398 g/mol. The molecule has 0 saturated carbocycles. The fourth-order valence-corrected chi connectivity index (χ4v) is 2.43. The van der Waals surface area contributed by atoms with Gasteiger partial charge in [0, 0.05) is 16.6 Å². The molecule has 0 aromatic heterocycles. The van der Waals surface area contributed by atoms with Crippen molar-refractivity contribution in [3.05, 3.63) is 63.6 Å². The molecule has 0 aliphatic heterocycles. The maximum atomic E-state index is 11.5. The Morgan fingerprint density at radius 1 is 1.15 bits per heavy atom. The topological polar surface area (TPSA) is 79.8 Å². The summed E-state index contributed by atoms with van der Waals surface area (Å²) in [6, 6.07) is 13.6. The van der Waals surface area contributed by atoms with Gasteiger partial charge in [0.2, 0.25) is 0 Å². The molecule has 0 saturated heterocycles. The average molecular weight is 418 g/mol. The van der Waals surface area contributed by atoms with Gasteiger partial charge in [0.25, 0.3) is 0 Å². The predicted octanol–water partition coefficient (Wildman–Crippen LogP) is 2.92. The lowest BCUT2D eigenvalue weighted by molar-refractivity contribution is -0.139. The standard InChI is InChI=1S/C19H20BrN3O3/c1-3-21-18(24)19(25)23-22-11-15-10-16(20)8-9-17(15)26-12-14-6-4-13(2)5-7-14/h4-11H,3,12H2,1-2H3,(H,21,24)(H,23,25)/b22-11-. The van der Waals surface area contributed by atoms with Crippen molar-refractivity contribution in [1.29, 1.82) is 0 Å². The Morgan fingerprint density at radius 3 is 2.58 bits per heavy atom. The van der Waals surface area contributed by atoms with Crippen LogP contribution in [0, 0.1) is 6.92 Å². The van der Waals surface area contributed by atoms with Crippen LogP contribution < -0.4 is 15.5 Å². The van der Waals surface area contributed by atoms with Crippen LogP contribution in [0.2, 0.25) is 0 Å². The number of carbonyl (C=O) groups excluding carboxylic acids is 2. The first-order chi connectivity index (χ1) is 12.5. The van der Waals surface area contributed by atoms with Crippen LogP contribution in [0.1, 0.15) is 23.6 Å². The lowest BCUT2D eigenvalue weighted by Gasteiger charge is -2.10. The molecule has 6 nitrogen and oxygen atoms in total. The van der Waals surface area contributed by atoms with Gasteiger partial charge in [-0.05, 0) is 37.6 Å². The minimum atomic E-state index is -0.819. The number of likely N-dealkylation sites (N-methyl/N-ethyl adjacent to an activating group) is 1. The van der Waals surface area contributed by atoms with Gasteiger partial charge in [-0.15, -0.1) is 0 Å². The number of nitrogens with one attached hydrogen (secondary N) is 2. The molecule has 26 heavy (non-hydrogen) atoms. The zero-order chi connectivity index (χ0) is 18.9. The van der Waals surface area contributed by atoms with Gasteiger partial charge in [0.05, 0.1) is 6.21 Å². The Balaban J connectivity index is 2.04. The van der Waals surface area contributed by atoms with Crippen LogP contribution in [0.15, 0.2) is 52.0 Å². The van der Waals surface area contributed by atoms with Gasteiger partial charge in [-0.1, -0.05) is 45.8 Å². The SMILES string of the molecule is CCNC(=O)C(=O)N/N=C\c1cc(Br)ccc1OCc1ccc(C)cc1. The second kappa shape index (κ2) is 9.72. The highest BCUT2D eigenvalue weighted by atomic mass is 79.9. The summed E-state index contributed by atoms with van der Waals surface area (Å²) in [7, 11) is 0. The van der Waals surface area contributed by atoms with Crippen LogP contribution in [0.25, 0.3) is 0 Å². The Bertz CT molecular complexity index is 804. The molecule has 0 unspecified atom stereocenters. The van der Waals surface area contributed by atoms with Gasteiger partial charge in [-0.25, -0.2) is 5.43 Å². The van der Waals surface area contributed by atoms with Gasteiger partial charge >= 0.3 is 11.8 Å². The van der Waals surface area contributed by atoms with Crippen LogP contribution in [0.4, 0.5) is 0 Å². The van der Waals surface area contributed by atoms with E-state index in [1.807, 2.05) is 49.4 Å². The summed E-state index contributed by atoms with van der Waals surface area (Å²) < 4.78 is 6.70. The summed E-state index contributed by atoms with van der Waals surface area (Å²) in [5.41, 5.74) is 5.09. The van der Waals surface area contributed by atoms with E-state index in [0.29, 0.717) is 24.5 Å². The van der Waals surface area contributed by atoms with Crippen molar-refractivity contribution in [3.8, 4) is 5.75 Å². The third kappa shape index (κ3) is 6.00. The van der Waals surface area contributed by atoms with E-state index in [9.17, 15) is 9.59 Å². The molecule has 0 atom stereocenters. The quantitative estimate of drug-likeness (QED) is 0.430. The van der Waals surface area contributed by atoms with Crippen LogP contribution in [-0.2, 0) is 16.2 Å². The number of amides is 2. The lowest BCUT2D eigenvalue weighted by Crippen LogP contribution is -2.37. The van der Waals surface area contributed by atoms with Crippen molar-refractivity contribution in [3.63, 3.8) is 0 Å². The van der Waals surface area contributed by atoms with Crippen LogP contribution >= 0.6 is 15.9 Å². The number of rotatable bonds is 6. The summed E-state index contributed by atoms with van der Waals surface area (Å²) >= 11 is 3.40. The van der Waals surface area contributed by atoms with E-state index in [1.54, 1.807) is 6.92 Å². The molecule has 2 aromatic carbocycles. The van der Waals surface area contributed by atoms with Gasteiger partial charge in [0.15, 0.2) is 0 Å². The van der Waals surface area contributed by atoms with Crippen LogP contribution in [0.3, 0.4) is 0 Å². The molecule has 0 aliphatic rings. The summed E-state index contributed by atoms with van der Waals surface area (Å²) in [6.45, 7) is 4.54. The van der Waals surface area contributed by atoms with Crippen molar-refractivity contribution in [1.82, 2.24) is 10.7 Å². The number of carbonyl (C=O) groups is 2. The van der Waals surface area contributed by atoms with Gasteiger partial charge in [-0.3, -0.25) is 9.59 Å². The second-order valence-corrected chi connectivity index (χ2v) is 6.43. The Morgan fingerprint density at radius 2 is 1.88 bits per heavy atom. The molecule has 0 radical (unpaired) electrons. The number of hydrazone groups is 1. The minimum Gasteiger partial charge on any atom is -0.488 e. The van der Waals surface area contributed by atoms with E-state index < -0.39 is 11.8 Å². The molecule has 7 heteroatoms. The number of hydrogen-bond acceptors (Lipinski definition) is 4. The first-order valence-electron chi connectivity index (χ1n) is 8.08. The molecule has 0 spiro atoms. The Labute approximate surface area is 160 Å². The molecule has 2 aromatic rings. The van der Waals surface area contributed by atoms with Crippen molar-refractivity contribution in [2.45, 2.75) is 20.5 Å². The van der Waals surface area contributed by atoms with Crippen LogP contribution in [-0.4, -0.2) is 24.6 Å². The van der Waals surface area contributed by atoms with Crippen LogP contribution in [0.5, 0.6) is 5.75 Å². The van der Waals surface area contributed by atoms with E-state index in [2.05, 4.69) is 31.8 Å². The highest BCUT2D eigenvalue weighted by Gasteiger charge is 2.10. The van der Waals surface area contributed by atoms with E-state index in [1.165, 1.54) is 11.8 Å². The lowest BCUT2D eigenvalue weighted by atomic mass is 10.1. The largest absolute Gasteiger partial charge is 0.488 e. The van der Waals surface area contributed by atoms with Crippen molar-refractivity contribution >= 4 is 34.0 Å². The minimum absolute atomic E-state index is 0.374. The number of hydrogen-bond donors (Lipinski definition) is 2. The second-order valence-electron chi connectivity index (χ2n) is 5.52. The van der Waals surface area contributed by atoms with Crippen molar-refractivity contribution in [2.75, 3.05) is 6.54 Å². The Hall–Kier alpha value is -2.67. The summed E-state index contributed by atoms with van der Waals surface area (Å²) in [5, 5.41) is 6.23. The first-order valence-corrected chi connectivity index (χ1v) is 8.88. The van der Waals surface area contributed by atoms with Gasteiger partial charge in [0.1, 0.15) is 12.4 Å². The number of benzene rings is 2. The highest BCUT2D eigenvalue weighted by molar-refractivity contribution is 9.10. The van der Waals surface area contributed by atoms with E-state index in [-0.39, 0.29) is 0 Å². The molecule has 0 heterocycles. The zero-order valence-corrected chi connectivity index (χ0v) is 16.2. The van der Waals surface area contributed by atoms with E-state index in [0.717, 1.165) is 10.0 Å². The van der Waals surface area contributed by atoms with Crippen molar-refractivity contribution < 1.29 is 14.3 Å². The van der Waals surface area contributed by atoms with Crippen molar-refractivity contribution in [2.24, 2.45) is 5.10 Å². The third-order valence-electron chi connectivity index (χ3n) is 3.40. The Kier molecular flexibility index (Phi) is 7.35. The number of halogens is 1. The average Bonchev–Trinajstić information content (AvgIpc) is 2.62. The van der Waals surface area contributed by atoms with E-state index in [4.69, 9.17) is 4.74 Å². The molecule has 2 rings (SSSR count). The normalized spacial score (nSPS) is 10.6. The van der Waals surface area contributed by atoms with Gasteiger partial charge in [-0.2, -0.15) is 5.10 Å². The fourth-order valence-electron chi connectivity index (χ4n) is 2.05. The number of aryl methyl sites for hydroxylation is 1. The summed E-state index contributed by atoms with van der Waals surface area (Å²) in [5.74, 6) is -0.931. The molecule has 2 N–H and O–H groups in total. The molecular formula is C19H20BrN3O3. The zero-order valence-electron chi connectivity index (χ0n) is 14.6. The molecule has 0 bridgehead atoms. The molecule has 2 amide bonds. The van der Waals surface area contributed by atoms with Gasteiger partial charge < -0.3 is 10.1 Å². The fraction of sp³-hybridized carbons (Fsp3) is 0.211. The molecule has 136 valence electrons. The monoisotopic (exact) mass is 417 g/mol. The smallest absolute Gasteiger partial charge is 0.329 e. The summed E-state index contributed by atoms with van der Waals surface area (Å²) in [6.07, 6.45) is 1.44. The highest BCUT2D eigenvalue weighted by Crippen LogP contribution is 2.23. The first kappa shape index (κ1) is 19.7. The summed E-state index contributed by atoms with van der Waals surface area (Å²) in [4.78, 5) is 22.9.